The summed E-state index contributed by atoms with van der Waals surface area (Å²) in [4.78, 5) is 29.1. The molecule has 1 saturated heterocycles. The van der Waals surface area contributed by atoms with Gasteiger partial charge in [-0.1, -0.05) is 53.0 Å². The van der Waals surface area contributed by atoms with Gasteiger partial charge in [0, 0.05) is 36.2 Å². The summed E-state index contributed by atoms with van der Waals surface area (Å²) in [6.45, 7) is 4.21. The molecule has 1 atom stereocenters. The maximum absolute atomic E-state index is 12.6. The highest BCUT2D eigenvalue weighted by Crippen LogP contribution is 2.26. The molecule has 0 saturated carbocycles. The standard InChI is InChI=1S/C21H22Cl3N3O2/c1-14(21(29)25-19-13-16(22)6-7-18(19)24)26-8-10-27(11-9-26)20(28)12-15-4-2-3-5-17(15)23/h2-7,13-14H,8-12H2,1H3,(H,25,29). The fourth-order valence-corrected chi connectivity index (χ4v) is 3.81. The van der Waals surface area contributed by atoms with E-state index < -0.39 is 0 Å². The molecular weight excluding hydrogens is 433 g/mol. The van der Waals surface area contributed by atoms with E-state index in [1.807, 2.05) is 34.9 Å². The van der Waals surface area contributed by atoms with Gasteiger partial charge in [-0.05, 0) is 36.8 Å². The second-order valence-corrected chi connectivity index (χ2v) is 8.23. The van der Waals surface area contributed by atoms with E-state index in [1.54, 1.807) is 24.3 Å². The third-order valence-electron chi connectivity index (χ3n) is 5.08. The lowest BCUT2D eigenvalue weighted by Crippen LogP contribution is -2.54. The van der Waals surface area contributed by atoms with Gasteiger partial charge in [0.2, 0.25) is 11.8 Å². The Balaban J connectivity index is 1.53. The van der Waals surface area contributed by atoms with E-state index in [4.69, 9.17) is 34.8 Å². The zero-order chi connectivity index (χ0) is 21.0. The summed E-state index contributed by atoms with van der Waals surface area (Å²) in [6, 6.07) is 12.0. The third kappa shape index (κ3) is 5.64. The van der Waals surface area contributed by atoms with Crippen LogP contribution in [0.5, 0.6) is 0 Å². The number of nitrogens with zero attached hydrogens (tertiary/aromatic N) is 2. The monoisotopic (exact) mass is 453 g/mol. The van der Waals surface area contributed by atoms with E-state index in [-0.39, 0.29) is 24.3 Å². The van der Waals surface area contributed by atoms with Crippen molar-refractivity contribution in [2.45, 2.75) is 19.4 Å². The Morgan fingerprint density at radius 1 is 1.00 bits per heavy atom. The molecule has 8 heteroatoms. The van der Waals surface area contributed by atoms with Crippen LogP contribution in [0.2, 0.25) is 15.1 Å². The smallest absolute Gasteiger partial charge is 0.241 e. The van der Waals surface area contributed by atoms with Gasteiger partial charge in [0.15, 0.2) is 0 Å². The van der Waals surface area contributed by atoms with Crippen LogP contribution >= 0.6 is 34.8 Å². The van der Waals surface area contributed by atoms with Gasteiger partial charge in [-0.15, -0.1) is 0 Å². The van der Waals surface area contributed by atoms with Gasteiger partial charge in [0.05, 0.1) is 23.2 Å². The van der Waals surface area contributed by atoms with Crippen molar-refractivity contribution in [2.75, 3.05) is 31.5 Å². The second-order valence-electron chi connectivity index (χ2n) is 6.97. The highest BCUT2D eigenvalue weighted by molar-refractivity contribution is 6.35. The highest BCUT2D eigenvalue weighted by Gasteiger charge is 2.28. The minimum atomic E-state index is -0.356. The summed E-state index contributed by atoms with van der Waals surface area (Å²) >= 11 is 18.3. The summed E-state index contributed by atoms with van der Waals surface area (Å²) in [6.07, 6.45) is 0.281. The predicted molar refractivity (Wildman–Crippen MR) is 118 cm³/mol. The molecule has 1 aliphatic heterocycles. The molecular formula is C21H22Cl3N3O2. The molecule has 1 fully saturated rings. The Bertz CT molecular complexity index is 898. The van der Waals surface area contributed by atoms with Crippen molar-refractivity contribution in [3.8, 4) is 0 Å². The first-order valence-corrected chi connectivity index (χ1v) is 10.5. The normalized spacial score (nSPS) is 15.8. The van der Waals surface area contributed by atoms with Gasteiger partial charge in [0.25, 0.3) is 0 Å². The van der Waals surface area contributed by atoms with Gasteiger partial charge in [-0.2, -0.15) is 0 Å². The lowest BCUT2D eigenvalue weighted by molar-refractivity contribution is -0.133. The number of hydrogen-bond acceptors (Lipinski definition) is 3. The number of rotatable bonds is 5. The Morgan fingerprint density at radius 2 is 1.69 bits per heavy atom. The van der Waals surface area contributed by atoms with Crippen molar-refractivity contribution in [1.82, 2.24) is 9.80 Å². The molecule has 0 aliphatic carbocycles. The number of carbonyl (C=O) groups excluding carboxylic acids is 2. The van der Waals surface area contributed by atoms with Crippen LogP contribution in [0.3, 0.4) is 0 Å². The number of carbonyl (C=O) groups is 2. The van der Waals surface area contributed by atoms with Crippen molar-refractivity contribution in [1.29, 1.82) is 0 Å². The van der Waals surface area contributed by atoms with E-state index in [0.29, 0.717) is 46.9 Å². The molecule has 154 valence electrons. The van der Waals surface area contributed by atoms with Crippen LogP contribution in [-0.2, 0) is 16.0 Å². The quantitative estimate of drug-likeness (QED) is 0.730. The fraction of sp³-hybridized carbons (Fsp3) is 0.333. The number of nitrogens with one attached hydrogen (secondary N) is 1. The molecule has 0 spiro atoms. The summed E-state index contributed by atoms with van der Waals surface area (Å²) in [7, 11) is 0. The van der Waals surface area contributed by atoms with Crippen LogP contribution in [0.4, 0.5) is 5.69 Å². The van der Waals surface area contributed by atoms with Crippen molar-refractivity contribution in [2.24, 2.45) is 0 Å². The number of halogens is 3. The fourth-order valence-electron chi connectivity index (χ4n) is 3.27. The van der Waals surface area contributed by atoms with Crippen molar-refractivity contribution < 1.29 is 9.59 Å². The molecule has 2 aromatic rings. The second kappa shape index (κ2) is 9.81. The number of anilines is 1. The van der Waals surface area contributed by atoms with Gasteiger partial charge >= 0.3 is 0 Å². The molecule has 0 aromatic heterocycles. The minimum absolute atomic E-state index is 0.0422. The first-order chi connectivity index (χ1) is 13.8. The highest BCUT2D eigenvalue weighted by atomic mass is 35.5. The van der Waals surface area contributed by atoms with Gasteiger partial charge in [0.1, 0.15) is 0 Å². The van der Waals surface area contributed by atoms with Gasteiger partial charge < -0.3 is 10.2 Å². The molecule has 2 aromatic carbocycles. The molecule has 0 radical (unpaired) electrons. The Labute approximate surface area is 185 Å². The Morgan fingerprint density at radius 3 is 2.38 bits per heavy atom. The van der Waals surface area contributed by atoms with Crippen LogP contribution in [-0.4, -0.2) is 53.8 Å². The van der Waals surface area contributed by atoms with E-state index in [9.17, 15) is 9.59 Å². The zero-order valence-corrected chi connectivity index (χ0v) is 18.3. The van der Waals surface area contributed by atoms with Crippen molar-refractivity contribution in [3.05, 3.63) is 63.1 Å². The van der Waals surface area contributed by atoms with Crippen LogP contribution in [0, 0.1) is 0 Å². The van der Waals surface area contributed by atoms with Crippen molar-refractivity contribution >= 4 is 52.3 Å². The largest absolute Gasteiger partial charge is 0.340 e. The van der Waals surface area contributed by atoms with Gasteiger partial charge in [-0.25, -0.2) is 0 Å². The zero-order valence-electron chi connectivity index (χ0n) is 16.0. The number of hydrogen-bond donors (Lipinski definition) is 1. The number of piperazine rings is 1. The average molecular weight is 455 g/mol. The maximum atomic E-state index is 12.6. The van der Waals surface area contributed by atoms with Crippen molar-refractivity contribution in [3.63, 3.8) is 0 Å². The minimum Gasteiger partial charge on any atom is -0.340 e. The molecule has 3 rings (SSSR count). The van der Waals surface area contributed by atoms with Crippen LogP contribution < -0.4 is 5.32 Å². The van der Waals surface area contributed by atoms with Crippen LogP contribution in [0.1, 0.15) is 12.5 Å². The Kier molecular flexibility index (Phi) is 7.41. The molecule has 1 aliphatic rings. The SMILES string of the molecule is CC(C(=O)Nc1cc(Cl)ccc1Cl)N1CCN(C(=O)Cc2ccccc2Cl)CC1. The van der Waals surface area contributed by atoms with E-state index in [2.05, 4.69) is 5.32 Å². The van der Waals surface area contributed by atoms with E-state index >= 15 is 0 Å². The average Bonchev–Trinajstić information content (AvgIpc) is 2.72. The summed E-state index contributed by atoms with van der Waals surface area (Å²) in [5.41, 5.74) is 1.32. The van der Waals surface area contributed by atoms with Crippen LogP contribution in [0.15, 0.2) is 42.5 Å². The molecule has 29 heavy (non-hydrogen) atoms. The first-order valence-electron chi connectivity index (χ1n) is 9.36. The molecule has 5 nitrogen and oxygen atoms in total. The molecule has 2 amide bonds. The van der Waals surface area contributed by atoms with Gasteiger partial charge in [-0.3, -0.25) is 14.5 Å². The molecule has 1 N–H and O–H groups in total. The summed E-state index contributed by atoms with van der Waals surface area (Å²) < 4.78 is 0. The van der Waals surface area contributed by atoms with E-state index in [1.165, 1.54) is 0 Å². The maximum Gasteiger partial charge on any atom is 0.241 e. The summed E-state index contributed by atoms with van der Waals surface area (Å²) in [5, 5.41) is 4.37. The lowest BCUT2D eigenvalue weighted by atomic mass is 10.1. The van der Waals surface area contributed by atoms with Crippen LogP contribution in [0.25, 0.3) is 0 Å². The molecule has 1 heterocycles. The third-order valence-corrected chi connectivity index (χ3v) is 6.01. The number of benzene rings is 2. The molecule has 0 bridgehead atoms. The topological polar surface area (TPSA) is 52.7 Å². The van der Waals surface area contributed by atoms with E-state index in [0.717, 1.165) is 5.56 Å². The lowest BCUT2D eigenvalue weighted by Gasteiger charge is -2.37. The number of amides is 2. The first kappa shape index (κ1) is 21.9. The predicted octanol–water partition coefficient (Wildman–Crippen LogP) is 4.36. The molecule has 1 unspecified atom stereocenters. The Hall–Kier alpha value is -1.79. The summed E-state index contributed by atoms with van der Waals surface area (Å²) in [5.74, 6) is -0.120.